The highest BCUT2D eigenvalue weighted by molar-refractivity contribution is 7.15. The topological polar surface area (TPSA) is 126 Å². The van der Waals surface area contributed by atoms with Gasteiger partial charge in [0, 0.05) is 18.2 Å². The van der Waals surface area contributed by atoms with E-state index in [-0.39, 0.29) is 28.6 Å². The van der Waals surface area contributed by atoms with Crippen LogP contribution in [0.4, 0.5) is 14.6 Å². The maximum atomic E-state index is 13.5. The van der Waals surface area contributed by atoms with Gasteiger partial charge in [0.2, 0.25) is 0 Å². The molecule has 34 heavy (non-hydrogen) atoms. The molecule has 0 aliphatic carbocycles. The quantitative estimate of drug-likeness (QED) is 0.329. The molecule has 0 spiro atoms. The van der Waals surface area contributed by atoms with E-state index in [9.17, 15) is 18.4 Å². The Kier molecular flexibility index (Phi) is 6.44. The van der Waals surface area contributed by atoms with E-state index in [0.717, 1.165) is 15.6 Å². The number of aromatic amines is 1. The number of rotatable bonds is 6. The van der Waals surface area contributed by atoms with Gasteiger partial charge in [0.05, 0.1) is 31.9 Å². The summed E-state index contributed by atoms with van der Waals surface area (Å²) in [7, 11) is 0. The van der Waals surface area contributed by atoms with Crippen molar-refractivity contribution in [1.82, 2.24) is 25.7 Å². The first-order valence-electron chi connectivity index (χ1n) is 9.83. The Balaban J connectivity index is 1.44. The summed E-state index contributed by atoms with van der Waals surface area (Å²) in [5.41, 5.74) is 1.86. The standard InChI is InChI=1S/C21H17ClF2N6O3S/c1-8-12(18(33-30-8)19-9(2)26-10(3)34-19)7-25-21(32)16-6-17(29-28-16)27-20(31)11-4-14(23)15(24)5-13(11)22/h4-6H,7H2,1-3H3,(H,25,32)(H2,27,28,29,31). The molecule has 0 aliphatic rings. The van der Waals surface area contributed by atoms with Gasteiger partial charge in [0.1, 0.15) is 5.82 Å². The van der Waals surface area contributed by atoms with Crippen LogP contribution < -0.4 is 10.6 Å². The molecule has 13 heteroatoms. The molecule has 0 saturated heterocycles. The maximum absolute atomic E-state index is 13.5. The van der Waals surface area contributed by atoms with Crippen molar-refractivity contribution in [1.29, 1.82) is 0 Å². The van der Waals surface area contributed by atoms with E-state index in [1.165, 1.54) is 17.4 Å². The zero-order valence-corrected chi connectivity index (χ0v) is 19.6. The Hall–Kier alpha value is -3.64. The molecule has 3 aromatic heterocycles. The van der Waals surface area contributed by atoms with Crippen molar-refractivity contribution in [3.63, 3.8) is 0 Å². The van der Waals surface area contributed by atoms with Crippen LogP contribution in [0.3, 0.4) is 0 Å². The van der Waals surface area contributed by atoms with Crippen LogP contribution >= 0.6 is 22.9 Å². The van der Waals surface area contributed by atoms with Crippen LogP contribution in [0.25, 0.3) is 10.6 Å². The maximum Gasteiger partial charge on any atom is 0.272 e. The number of halogens is 3. The molecule has 0 aliphatic heterocycles. The molecule has 2 amide bonds. The van der Waals surface area contributed by atoms with Gasteiger partial charge in [0.15, 0.2) is 23.1 Å². The lowest BCUT2D eigenvalue weighted by Gasteiger charge is -2.05. The Labute approximate surface area is 200 Å². The summed E-state index contributed by atoms with van der Waals surface area (Å²) in [6.07, 6.45) is 0. The average molecular weight is 507 g/mol. The highest BCUT2D eigenvalue weighted by Crippen LogP contribution is 2.33. The van der Waals surface area contributed by atoms with Crippen molar-refractivity contribution in [2.75, 3.05) is 5.32 Å². The van der Waals surface area contributed by atoms with Crippen LogP contribution in [0, 0.1) is 32.4 Å². The van der Waals surface area contributed by atoms with Crippen LogP contribution in [0.5, 0.6) is 0 Å². The van der Waals surface area contributed by atoms with Crippen LogP contribution in [-0.4, -0.2) is 32.2 Å². The lowest BCUT2D eigenvalue weighted by molar-refractivity contribution is 0.0945. The van der Waals surface area contributed by atoms with Crippen LogP contribution in [0.2, 0.25) is 5.02 Å². The summed E-state index contributed by atoms with van der Waals surface area (Å²) >= 11 is 7.28. The number of anilines is 1. The number of carbonyl (C=O) groups is 2. The predicted octanol–water partition coefficient (Wildman–Crippen LogP) is 4.56. The zero-order valence-electron chi connectivity index (χ0n) is 18.0. The first kappa shape index (κ1) is 23.5. The fourth-order valence-electron chi connectivity index (χ4n) is 3.16. The summed E-state index contributed by atoms with van der Waals surface area (Å²) in [6.45, 7) is 5.65. The summed E-state index contributed by atoms with van der Waals surface area (Å²) in [5, 5.41) is 16.1. The largest absolute Gasteiger partial charge is 0.355 e. The molecule has 176 valence electrons. The minimum atomic E-state index is -1.22. The van der Waals surface area contributed by atoms with Crippen molar-refractivity contribution in [2.45, 2.75) is 27.3 Å². The number of nitrogens with zero attached hydrogens (tertiary/aromatic N) is 3. The van der Waals surface area contributed by atoms with E-state index < -0.39 is 23.4 Å². The highest BCUT2D eigenvalue weighted by Gasteiger charge is 2.21. The SMILES string of the molecule is Cc1nc(C)c(-c2onc(C)c2CNC(=O)c2cc(NC(=O)c3cc(F)c(F)cc3Cl)[nH]n2)s1. The van der Waals surface area contributed by atoms with Crippen LogP contribution in [0.15, 0.2) is 22.7 Å². The van der Waals surface area contributed by atoms with E-state index in [2.05, 4.69) is 31.0 Å². The van der Waals surface area contributed by atoms with Gasteiger partial charge in [-0.2, -0.15) is 5.10 Å². The third-order valence-electron chi connectivity index (χ3n) is 4.83. The molecule has 0 unspecified atom stereocenters. The van der Waals surface area contributed by atoms with Gasteiger partial charge in [-0.25, -0.2) is 13.8 Å². The minimum absolute atomic E-state index is 0.00726. The molecule has 4 rings (SSSR count). The van der Waals surface area contributed by atoms with Gasteiger partial charge in [-0.1, -0.05) is 16.8 Å². The lowest BCUT2D eigenvalue weighted by atomic mass is 10.1. The predicted molar refractivity (Wildman–Crippen MR) is 121 cm³/mol. The van der Waals surface area contributed by atoms with Crippen LogP contribution in [-0.2, 0) is 6.54 Å². The lowest BCUT2D eigenvalue weighted by Crippen LogP contribution is -2.23. The Morgan fingerprint density at radius 1 is 1.12 bits per heavy atom. The number of benzene rings is 1. The van der Waals surface area contributed by atoms with Gasteiger partial charge < -0.3 is 15.2 Å². The summed E-state index contributed by atoms with van der Waals surface area (Å²) < 4.78 is 32.1. The fraction of sp³-hybridized carbons (Fsp3) is 0.190. The zero-order chi connectivity index (χ0) is 24.6. The average Bonchev–Trinajstić information content (AvgIpc) is 3.47. The second-order valence-electron chi connectivity index (χ2n) is 7.27. The number of thiazole rings is 1. The first-order valence-corrected chi connectivity index (χ1v) is 11.0. The van der Waals surface area contributed by atoms with Crippen molar-refractivity contribution in [3.8, 4) is 10.6 Å². The Morgan fingerprint density at radius 3 is 2.56 bits per heavy atom. The molecule has 9 nitrogen and oxygen atoms in total. The third kappa shape index (κ3) is 4.68. The normalized spacial score (nSPS) is 11.0. The van der Waals surface area contributed by atoms with Gasteiger partial charge in [-0.05, 0) is 32.9 Å². The van der Waals surface area contributed by atoms with Crippen molar-refractivity contribution < 1.29 is 22.9 Å². The first-order chi connectivity index (χ1) is 16.1. The molecule has 4 aromatic rings. The number of hydrogen-bond acceptors (Lipinski definition) is 7. The van der Waals surface area contributed by atoms with Crippen molar-refractivity contribution in [2.24, 2.45) is 0 Å². The minimum Gasteiger partial charge on any atom is -0.355 e. The van der Waals surface area contributed by atoms with E-state index in [1.54, 1.807) is 6.92 Å². The van der Waals surface area contributed by atoms with Gasteiger partial charge in [-0.15, -0.1) is 11.3 Å². The van der Waals surface area contributed by atoms with Gasteiger partial charge >= 0.3 is 0 Å². The molecule has 3 heterocycles. The number of carbonyl (C=O) groups excluding carboxylic acids is 2. The van der Waals surface area contributed by atoms with Crippen LogP contribution in [0.1, 0.15) is 42.8 Å². The second kappa shape index (κ2) is 9.31. The Bertz CT molecular complexity index is 1410. The fourth-order valence-corrected chi connectivity index (χ4v) is 4.33. The third-order valence-corrected chi connectivity index (χ3v) is 6.22. The molecule has 0 fully saturated rings. The summed E-state index contributed by atoms with van der Waals surface area (Å²) in [4.78, 5) is 30.2. The van der Waals surface area contributed by atoms with E-state index in [1.807, 2.05) is 13.8 Å². The van der Waals surface area contributed by atoms with E-state index in [4.69, 9.17) is 16.1 Å². The van der Waals surface area contributed by atoms with Gasteiger partial charge in [-0.3, -0.25) is 14.7 Å². The Morgan fingerprint density at radius 2 is 1.85 bits per heavy atom. The summed E-state index contributed by atoms with van der Waals surface area (Å²) in [6, 6.07) is 2.68. The van der Waals surface area contributed by atoms with E-state index >= 15 is 0 Å². The number of hydrogen-bond donors (Lipinski definition) is 3. The molecule has 0 saturated carbocycles. The smallest absolute Gasteiger partial charge is 0.272 e. The number of aromatic nitrogens is 4. The molecular formula is C21H17ClF2N6O3S. The molecular weight excluding hydrogens is 490 g/mol. The highest BCUT2D eigenvalue weighted by atomic mass is 35.5. The number of nitrogens with one attached hydrogen (secondary N) is 3. The van der Waals surface area contributed by atoms with Gasteiger partial charge in [0.25, 0.3) is 11.8 Å². The second-order valence-corrected chi connectivity index (χ2v) is 8.88. The molecule has 0 bridgehead atoms. The van der Waals surface area contributed by atoms with Crippen molar-refractivity contribution in [3.05, 3.63) is 68.1 Å². The number of amides is 2. The number of aryl methyl sites for hydroxylation is 3. The van der Waals surface area contributed by atoms with Crippen molar-refractivity contribution >= 4 is 40.6 Å². The molecule has 3 N–H and O–H groups in total. The molecule has 0 atom stereocenters. The number of H-pyrrole nitrogens is 1. The molecule has 0 radical (unpaired) electrons. The molecule has 1 aromatic carbocycles. The van der Waals surface area contributed by atoms with E-state index in [0.29, 0.717) is 29.2 Å². The monoisotopic (exact) mass is 506 g/mol. The summed E-state index contributed by atoms with van der Waals surface area (Å²) in [5.74, 6) is -3.11.